The van der Waals surface area contributed by atoms with Gasteiger partial charge >= 0.3 is 0 Å². The highest BCUT2D eigenvalue weighted by Crippen LogP contribution is 2.29. The van der Waals surface area contributed by atoms with Gasteiger partial charge in [0.15, 0.2) is 0 Å². The van der Waals surface area contributed by atoms with Gasteiger partial charge in [-0.15, -0.1) is 0 Å². The molecule has 4 rings (SSSR count). The van der Waals surface area contributed by atoms with Gasteiger partial charge in [-0.1, -0.05) is 31.2 Å². The molecule has 0 fully saturated rings. The third-order valence-corrected chi connectivity index (χ3v) is 4.78. The lowest BCUT2D eigenvalue weighted by Crippen LogP contribution is -2.16. The number of H-pyrrole nitrogens is 1. The average Bonchev–Trinajstić information content (AvgIpc) is 3.37. The number of hydrogen-bond donors (Lipinski definition) is 3. The van der Waals surface area contributed by atoms with Crippen molar-refractivity contribution in [3.8, 4) is 28.7 Å². The molecule has 1 aromatic carbocycles. The summed E-state index contributed by atoms with van der Waals surface area (Å²) >= 11 is 0. The van der Waals surface area contributed by atoms with Gasteiger partial charge in [-0.2, -0.15) is 5.26 Å². The van der Waals surface area contributed by atoms with E-state index >= 15 is 0 Å². The third kappa shape index (κ3) is 4.85. The van der Waals surface area contributed by atoms with Crippen molar-refractivity contribution in [2.75, 3.05) is 23.7 Å². The van der Waals surface area contributed by atoms with Gasteiger partial charge in [0.25, 0.3) is 0 Å². The molecule has 3 N–H and O–H groups in total. The molecular weight excluding hydrogens is 388 g/mol. The molecule has 8 nitrogen and oxygen atoms in total. The number of nitrogens with one attached hydrogen (secondary N) is 3. The molecule has 0 bridgehead atoms. The van der Waals surface area contributed by atoms with E-state index in [4.69, 9.17) is 10.2 Å². The molecule has 0 spiro atoms. The van der Waals surface area contributed by atoms with Crippen molar-refractivity contribution in [1.29, 1.82) is 5.26 Å². The first-order valence-corrected chi connectivity index (χ1v) is 10.1. The van der Waals surface area contributed by atoms with Crippen LogP contribution in [0.2, 0.25) is 0 Å². The molecule has 4 aromatic rings. The Labute approximate surface area is 180 Å². The van der Waals surface area contributed by atoms with Crippen molar-refractivity contribution >= 4 is 11.8 Å². The summed E-state index contributed by atoms with van der Waals surface area (Å²) in [6.45, 7) is 3.37. The predicted molar refractivity (Wildman–Crippen MR) is 120 cm³/mol. The molecular formula is C23H22N8. The van der Waals surface area contributed by atoms with Gasteiger partial charge in [0.05, 0.1) is 16.8 Å². The van der Waals surface area contributed by atoms with Crippen LogP contribution in [-0.2, 0) is 6.42 Å². The summed E-state index contributed by atoms with van der Waals surface area (Å²) in [5, 5.41) is 15.3. The second-order valence-corrected chi connectivity index (χ2v) is 6.84. The smallest absolute Gasteiger partial charge is 0.223 e. The van der Waals surface area contributed by atoms with E-state index in [1.807, 2.05) is 0 Å². The van der Waals surface area contributed by atoms with Crippen LogP contribution in [0.25, 0.3) is 22.6 Å². The lowest BCUT2D eigenvalue weighted by atomic mass is 10.0. The molecule has 8 heteroatoms. The van der Waals surface area contributed by atoms with Crippen molar-refractivity contribution < 1.29 is 0 Å². The highest BCUT2D eigenvalue weighted by Gasteiger charge is 2.13. The molecule has 0 saturated heterocycles. The minimum Gasteiger partial charge on any atom is -0.368 e. The van der Waals surface area contributed by atoms with E-state index in [9.17, 15) is 0 Å². The summed E-state index contributed by atoms with van der Waals surface area (Å²) < 4.78 is 0. The average molecular weight is 410 g/mol. The third-order valence-electron chi connectivity index (χ3n) is 4.78. The minimum atomic E-state index is 0.535. The molecule has 0 aliphatic carbocycles. The molecule has 0 aliphatic heterocycles. The highest BCUT2D eigenvalue weighted by atomic mass is 15.1. The molecule has 3 heterocycles. The summed E-state index contributed by atoms with van der Waals surface area (Å²) in [7, 11) is 0. The van der Waals surface area contributed by atoms with E-state index in [1.54, 1.807) is 36.9 Å². The fourth-order valence-corrected chi connectivity index (χ4v) is 3.10. The number of anilines is 2. The van der Waals surface area contributed by atoms with Crippen LogP contribution in [0.1, 0.15) is 18.1 Å². The number of aryl methyl sites for hydroxylation is 1. The Bertz CT molecular complexity index is 1160. The van der Waals surface area contributed by atoms with E-state index in [0.29, 0.717) is 30.4 Å². The first kappa shape index (κ1) is 20.0. The SMILES string of the molecule is CCc1ccc(-c2nc(NCCNc3ccc(C#N)cn3)ncc2-c2ncc[nH]2)cc1. The van der Waals surface area contributed by atoms with E-state index in [2.05, 4.69) is 67.8 Å². The zero-order chi connectivity index (χ0) is 21.5. The van der Waals surface area contributed by atoms with Crippen LogP contribution >= 0.6 is 0 Å². The topological polar surface area (TPSA) is 115 Å². The molecule has 0 atom stereocenters. The number of hydrogen-bond acceptors (Lipinski definition) is 7. The Morgan fingerprint density at radius 2 is 1.81 bits per heavy atom. The molecule has 154 valence electrons. The highest BCUT2D eigenvalue weighted by molar-refractivity contribution is 5.77. The van der Waals surface area contributed by atoms with Gasteiger partial charge in [-0.3, -0.25) is 0 Å². The van der Waals surface area contributed by atoms with Crippen LogP contribution < -0.4 is 10.6 Å². The number of rotatable bonds is 8. The largest absolute Gasteiger partial charge is 0.368 e. The molecule has 0 aliphatic rings. The molecule has 0 amide bonds. The van der Waals surface area contributed by atoms with Crippen LogP contribution in [0.15, 0.2) is 61.2 Å². The number of pyridine rings is 1. The Kier molecular flexibility index (Phi) is 6.14. The maximum Gasteiger partial charge on any atom is 0.223 e. The van der Waals surface area contributed by atoms with Crippen molar-refractivity contribution in [3.05, 3.63) is 72.3 Å². The first-order valence-electron chi connectivity index (χ1n) is 10.1. The number of imidazole rings is 1. The van der Waals surface area contributed by atoms with Crippen LogP contribution in [0, 0.1) is 11.3 Å². The normalized spacial score (nSPS) is 10.5. The summed E-state index contributed by atoms with van der Waals surface area (Å²) in [6, 6.07) is 14.0. The molecule has 3 aromatic heterocycles. The van der Waals surface area contributed by atoms with Gasteiger partial charge in [-0.05, 0) is 24.1 Å². The van der Waals surface area contributed by atoms with Crippen LogP contribution in [0.3, 0.4) is 0 Å². The second-order valence-electron chi connectivity index (χ2n) is 6.84. The fourth-order valence-electron chi connectivity index (χ4n) is 3.10. The van der Waals surface area contributed by atoms with Crippen LogP contribution in [0.5, 0.6) is 0 Å². The fraction of sp³-hybridized carbons (Fsp3) is 0.174. The second kappa shape index (κ2) is 9.50. The first-order chi connectivity index (χ1) is 15.3. The van der Waals surface area contributed by atoms with Crippen LogP contribution in [-0.4, -0.2) is 38.0 Å². The maximum absolute atomic E-state index is 8.84. The van der Waals surface area contributed by atoms with E-state index < -0.39 is 0 Å². The van der Waals surface area contributed by atoms with Gasteiger partial charge in [0.2, 0.25) is 5.95 Å². The maximum atomic E-state index is 8.84. The summed E-state index contributed by atoms with van der Waals surface area (Å²) in [6.07, 6.45) is 7.82. The van der Waals surface area contributed by atoms with Gasteiger partial charge in [-0.25, -0.2) is 19.9 Å². The molecule has 0 radical (unpaired) electrons. The van der Waals surface area contributed by atoms with Gasteiger partial charge in [0, 0.05) is 43.4 Å². The van der Waals surface area contributed by atoms with Gasteiger partial charge in [0.1, 0.15) is 17.7 Å². The Morgan fingerprint density at radius 1 is 0.968 bits per heavy atom. The van der Waals surface area contributed by atoms with E-state index in [1.165, 1.54) is 5.56 Å². The molecule has 0 unspecified atom stereocenters. The lowest BCUT2D eigenvalue weighted by molar-refractivity contribution is 1.02. The van der Waals surface area contributed by atoms with Crippen molar-refractivity contribution in [3.63, 3.8) is 0 Å². The Balaban J connectivity index is 1.48. The summed E-state index contributed by atoms with van der Waals surface area (Å²) in [5.41, 5.74) is 4.48. The number of nitrogens with zero attached hydrogens (tertiary/aromatic N) is 5. The predicted octanol–water partition coefficient (Wildman–Crippen LogP) is 3.89. The Morgan fingerprint density at radius 3 is 2.48 bits per heavy atom. The monoisotopic (exact) mass is 410 g/mol. The summed E-state index contributed by atoms with van der Waals surface area (Å²) in [4.78, 5) is 20.9. The minimum absolute atomic E-state index is 0.535. The van der Waals surface area contributed by atoms with Crippen molar-refractivity contribution in [2.45, 2.75) is 13.3 Å². The quantitative estimate of drug-likeness (QED) is 0.377. The van der Waals surface area contributed by atoms with E-state index in [0.717, 1.165) is 29.1 Å². The van der Waals surface area contributed by atoms with Crippen molar-refractivity contribution in [1.82, 2.24) is 24.9 Å². The standard InChI is InChI=1S/C23H22N8/c1-2-16-3-6-18(7-4-16)21-19(22-26-10-11-27-22)15-30-23(31-21)28-12-9-25-20-8-5-17(13-24)14-29-20/h3-8,10-11,14-15H,2,9,12H2,1H3,(H,25,29)(H,26,27)(H,28,30,31). The van der Waals surface area contributed by atoms with Crippen LogP contribution in [0.4, 0.5) is 11.8 Å². The lowest BCUT2D eigenvalue weighted by Gasteiger charge is -2.11. The summed E-state index contributed by atoms with van der Waals surface area (Å²) in [5.74, 6) is 1.99. The number of benzene rings is 1. The molecule has 31 heavy (non-hydrogen) atoms. The van der Waals surface area contributed by atoms with E-state index in [-0.39, 0.29) is 0 Å². The zero-order valence-corrected chi connectivity index (χ0v) is 17.1. The zero-order valence-electron chi connectivity index (χ0n) is 17.1. The number of nitriles is 1. The number of aromatic amines is 1. The number of aromatic nitrogens is 5. The van der Waals surface area contributed by atoms with Crippen molar-refractivity contribution in [2.24, 2.45) is 0 Å². The Hall–Kier alpha value is -4.25. The molecule has 0 saturated carbocycles. The van der Waals surface area contributed by atoms with Gasteiger partial charge < -0.3 is 15.6 Å².